The Hall–Kier alpha value is -3.31. The van der Waals surface area contributed by atoms with Gasteiger partial charge in [0.15, 0.2) is 13.2 Å². The van der Waals surface area contributed by atoms with Crippen LogP contribution in [-0.4, -0.2) is 55.5 Å². The molecule has 3 aliphatic rings. The first-order valence-corrected chi connectivity index (χ1v) is 12.8. The van der Waals surface area contributed by atoms with Crippen molar-refractivity contribution < 1.29 is 42.1 Å². The number of benzene rings is 2. The van der Waals surface area contributed by atoms with Crippen molar-refractivity contribution in [1.29, 1.82) is 0 Å². The van der Waals surface area contributed by atoms with Gasteiger partial charge >= 0.3 is 6.16 Å². The second kappa shape index (κ2) is 11.8. The van der Waals surface area contributed by atoms with Crippen molar-refractivity contribution >= 4 is 41.2 Å². The van der Waals surface area contributed by atoms with Gasteiger partial charge in [-0.2, -0.15) is 0 Å². The van der Waals surface area contributed by atoms with Gasteiger partial charge in [-0.25, -0.2) is 13.6 Å². The van der Waals surface area contributed by atoms with Gasteiger partial charge in [0, 0.05) is 24.1 Å². The Morgan fingerprint density at radius 3 is 1.87 bits per heavy atom. The summed E-state index contributed by atoms with van der Waals surface area (Å²) < 4.78 is 48.3. The Kier molecular flexibility index (Phi) is 8.70. The van der Waals surface area contributed by atoms with Crippen LogP contribution in [0.4, 0.5) is 13.6 Å². The van der Waals surface area contributed by atoms with E-state index < -0.39 is 53.4 Å². The van der Waals surface area contributed by atoms with Crippen molar-refractivity contribution in [3.63, 3.8) is 0 Å². The molecule has 0 spiro atoms. The molecule has 0 radical (unpaired) electrons. The highest BCUT2D eigenvalue weighted by atomic mass is 35.5. The molecule has 1 atom stereocenters. The standard InChI is InChI=1S/C26H26Cl2F2N2O7/c1-36-24(35)39-21-12-25(31-22(33)13-37-15-2-4-17(27)19(29)10-15)6-8-26(21,9-7-25)32-23(34)14-38-16-3-5-18(28)20(30)11-16/h2-5,10-11,21H,6-9,12-14H2,1H3,(H,31,33)(H,32,34). The molecule has 2 aromatic rings. The highest BCUT2D eigenvalue weighted by Crippen LogP contribution is 2.48. The predicted molar refractivity (Wildman–Crippen MR) is 136 cm³/mol. The molecule has 13 heteroatoms. The molecular weight excluding hydrogens is 561 g/mol. The van der Waals surface area contributed by atoms with Gasteiger partial charge in [0.05, 0.1) is 22.7 Å². The largest absolute Gasteiger partial charge is 0.508 e. The molecule has 2 aromatic carbocycles. The quantitative estimate of drug-likeness (QED) is 0.414. The Morgan fingerprint density at radius 2 is 1.38 bits per heavy atom. The lowest BCUT2D eigenvalue weighted by Crippen LogP contribution is -2.71. The number of carbonyl (C=O) groups is 3. The molecule has 2 bridgehead atoms. The molecule has 3 saturated carbocycles. The van der Waals surface area contributed by atoms with Crippen LogP contribution in [0.5, 0.6) is 11.5 Å². The Balaban J connectivity index is 1.38. The van der Waals surface area contributed by atoms with E-state index >= 15 is 0 Å². The van der Waals surface area contributed by atoms with Crippen molar-refractivity contribution in [3.8, 4) is 11.5 Å². The van der Waals surface area contributed by atoms with E-state index in [2.05, 4.69) is 15.4 Å². The lowest BCUT2D eigenvalue weighted by molar-refractivity contribution is -0.138. The minimum Gasteiger partial charge on any atom is -0.484 e. The molecule has 0 aromatic heterocycles. The predicted octanol–water partition coefficient (Wildman–Crippen LogP) is 4.57. The molecule has 5 rings (SSSR count). The number of ether oxygens (including phenoxy) is 4. The van der Waals surface area contributed by atoms with Crippen LogP contribution in [0.15, 0.2) is 36.4 Å². The molecule has 3 fully saturated rings. The third kappa shape index (κ3) is 6.83. The van der Waals surface area contributed by atoms with E-state index in [0.717, 1.165) is 12.1 Å². The molecule has 0 heterocycles. The molecule has 210 valence electrons. The van der Waals surface area contributed by atoms with Crippen LogP contribution in [0.25, 0.3) is 0 Å². The van der Waals surface area contributed by atoms with E-state index in [1.165, 1.54) is 31.4 Å². The average molecular weight is 587 g/mol. The van der Waals surface area contributed by atoms with Crippen molar-refractivity contribution in [3.05, 3.63) is 58.1 Å². The summed E-state index contributed by atoms with van der Waals surface area (Å²) in [6, 6.07) is 7.68. The van der Waals surface area contributed by atoms with Gasteiger partial charge in [-0.3, -0.25) is 9.59 Å². The number of methoxy groups -OCH3 is 1. The van der Waals surface area contributed by atoms with Crippen LogP contribution in [0, 0.1) is 11.6 Å². The monoisotopic (exact) mass is 586 g/mol. The minimum atomic E-state index is -0.927. The molecule has 0 aliphatic heterocycles. The molecule has 2 N–H and O–H groups in total. The summed E-state index contributed by atoms with van der Waals surface area (Å²) in [5.41, 5.74) is -1.63. The number of rotatable bonds is 9. The van der Waals surface area contributed by atoms with Crippen LogP contribution in [0.3, 0.4) is 0 Å². The fourth-order valence-electron chi connectivity index (χ4n) is 5.03. The number of nitrogens with one attached hydrogen (secondary N) is 2. The highest BCUT2D eigenvalue weighted by Gasteiger charge is 2.57. The number of amides is 2. The zero-order chi connectivity index (χ0) is 28.2. The summed E-state index contributed by atoms with van der Waals surface area (Å²) in [7, 11) is 1.17. The first kappa shape index (κ1) is 28.7. The number of hydrogen-bond donors (Lipinski definition) is 2. The van der Waals surface area contributed by atoms with Crippen molar-refractivity contribution in [1.82, 2.24) is 10.6 Å². The second-order valence-electron chi connectivity index (χ2n) is 9.53. The van der Waals surface area contributed by atoms with Crippen molar-refractivity contribution in [2.24, 2.45) is 0 Å². The number of carbonyl (C=O) groups excluding carboxylic acids is 3. The number of hydrogen-bond acceptors (Lipinski definition) is 7. The van der Waals surface area contributed by atoms with E-state index in [0.29, 0.717) is 25.7 Å². The molecule has 39 heavy (non-hydrogen) atoms. The first-order chi connectivity index (χ1) is 18.5. The fourth-order valence-corrected chi connectivity index (χ4v) is 5.26. The topological polar surface area (TPSA) is 112 Å². The summed E-state index contributed by atoms with van der Waals surface area (Å²) in [5.74, 6) is -2.00. The molecule has 9 nitrogen and oxygen atoms in total. The van der Waals surface area contributed by atoms with Crippen LogP contribution < -0.4 is 20.1 Å². The Bertz CT molecular complexity index is 1250. The molecule has 0 saturated heterocycles. The molecular formula is C26H26Cl2F2N2O7. The zero-order valence-electron chi connectivity index (χ0n) is 20.9. The van der Waals surface area contributed by atoms with E-state index in [1.807, 2.05) is 0 Å². The zero-order valence-corrected chi connectivity index (χ0v) is 22.4. The van der Waals surface area contributed by atoms with E-state index in [-0.39, 0.29) is 34.6 Å². The molecule has 2 amide bonds. The van der Waals surface area contributed by atoms with Crippen LogP contribution in [0.2, 0.25) is 10.0 Å². The van der Waals surface area contributed by atoms with Crippen molar-refractivity contribution in [2.75, 3.05) is 20.3 Å². The van der Waals surface area contributed by atoms with Gasteiger partial charge in [0.25, 0.3) is 11.8 Å². The van der Waals surface area contributed by atoms with Gasteiger partial charge < -0.3 is 29.6 Å². The van der Waals surface area contributed by atoms with Crippen LogP contribution in [-0.2, 0) is 19.1 Å². The van der Waals surface area contributed by atoms with Gasteiger partial charge in [-0.15, -0.1) is 0 Å². The van der Waals surface area contributed by atoms with E-state index in [4.69, 9.17) is 37.4 Å². The van der Waals surface area contributed by atoms with E-state index in [1.54, 1.807) is 0 Å². The maximum absolute atomic E-state index is 13.7. The van der Waals surface area contributed by atoms with Gasteiger partial charge in [-0.05, 0) is 49.9 Å². The van der Waals surface area contributed by atoms with Gasteiger partial charge in [-0.1, -0.05) is 23.2 Å². The molecule has 1 unspecified atom stereocenters. The third-order valence-electron chi connectivity index (χ3n) is 7.01. The summed E-state index contributed by atoms with van der Waals surface area (Å²) >= 11 is 11.3. The van der Waals surface area contributed by atoms with Crippen LogP contribution >= 0.6 is 23.2 Å². The average Bonchev–Trinajstić information content (AvgIpc) is 2.91. The highest BCUT2D eigenvalue weighted by molar-refractivity contribution is 6.31. The SMILES string of the molecule is COC(=O)OC1CC2(NC(=O)COc3ccc(Cl)c(F)c3)CCC1(NC(=O)COc1ccc(Cl)c(F)c1)CC2. The second-order valence-corrected chi connectivity index (χ2v) is 10.3. The van der Waals surface area contributed by atoms with Gasteiger partial charge in [0.2, 0.25) is 0 Å². The summed E-state index contributed by atoms with van der Waals surface area (Å²) in [6.45, 7) is -0.770. The Morgan fingerprint density at radius 1 is 0.872 bits per heavy atom. The maximum Gasteiger partial charge on any atom is 0.508 e. The lowest BCUT2D eigenvalue weighted by Gasteiger charge is -2.56. The number of halogens is 4. The number of fused-ring (bicyclic) bond motifs is 3. The van der Waals surface area contributed by atoms with Crippen LogP contribution in [0.1, 0.15) is 32.1 Å². The maximum atomic E-state index is 13.7. The van der Waals surface area contributed by atoms with Crippen molar-refractivity contribution in [2.45, 2.75) is 49.3 Å². The summed E-state index contributed by atoms with van der Waals surface area (Å²) in [6.07, 6.45) is 0.226. The summed E-state index contributed by atoms with van der Waals surface area (Å²) in [5, 5.41) is 5.75. The smallest absolute Gasteiger partial charge is 0.484 e. The third-order valence-corrected chi connectivity index (χ3v) is 7.62. The normalized spacial score (nSPS) is 23.5. The minimum absolute atomic E-state index is 0.0623. The first-order valence-electron chi connectivity index (χ1n) is 12.1. The van der Waals surface area contributed by atoms with Gasteiger partial charge in [0.1, 0.15) is 29.2 Å². The fraction of sp³-hybridized carbons (Fsp3) is 0.423. The summed E-state index contributed by atoms with van der Waals surface area (Å²) in [4.78, 5) is 37.5. The molecule has 3 aliphatic carbocycles. The van der Waals surface area contributed by atoms with E-state index in [9.17, 15) is 23.2 Å². The lowest BCUT2D eigenvalue weighted by atomic mass is 9.59. The Labute approximate surface area is 233 Å².